The Hall–Kier alpha value is -2.48. The number of halogens is 2. The highest BCUT2D eigenvalue weighted by molar-refractivity contribution is 8.01. The zero-order valence-corrected chi connectivity index (χ0v) is 20.5. The van der Waals surface area contributed by atoms with Gasteiger partial charge in [0.1, 0.15) is 0 Å². The lowest BCUT2D eigenvalue weighted by atomic mass is 10.1. The highest BCUT2D eigenvalue weighted by atomic mass is 35.5. The SMILES string of the molecule is Cc1nn(-c2nc(-c3cccnc3)c(SC(C)C)s2)cc1-c1cc(Cl)cc(Cl)c1.O=C=O. The van der Waals surface area contributed by atoms with Crippen molar-refractivity contribution in [2.45, 2.75) is 30.2 Å². The minimum atomic E-state index is 0.250. The summed E-state index contributed by atoms with van der Waals surface area (Å²) in [5.41, 5.74) is 4.75. The molecule has 0 fully saturated rings. The van der Waals surface area contributed by atoms with Gasteiger partial charge in [-0.3, -0.25) is 4.98 Å². The molecule has 0 radical (unpaired) electrons. The zero-order valence-electron chi connectivity index (χ0n) is 17.4. The first-order valence-electron chi connectivity index (χ1n) is 9.42. The number of pyridine rings is 1. The molecule has 6 nitrogen and oxygen atoms in total. The molecule has 0 aliphatic carbocycles. The lowest BCUT2D eigenvalue weighted by Gasteiger charge is -2.03. The summed E-state index contributed by atoms with van der Waals surface area (Å²) < 4.78 is 2.98. The van der Waals surface area contributed by atoms with Gasteiger partial charge in [-0.15, -0.1) is 11.8 Å². The number of thiazole rings is 1. The van der Waals surface area contributed by atoms with Crippen molar-refractivity contribution in [1.82, 2.24) is 19.7 Å². The summed E-state index contributed by atoms with van der Waals surface area (Å²) >= 11 is 15.8. The van der Waals surface area contributed by atoms with E-state index in [2.05, 4.69) is 18.8 Å². The molecule has 0 N–H and O–H groups in total. The minimum absolute atomic E-state index is 0.250. The summed E-state index contributed by atoms with van der Waals surface area (Å²) in [5.74, 6) is 0. The van der Waals surface area contributed by atoms with Gasteiger partial charge in [0, 0.05) is 45.0 Å². The molecule has 3 aromatic heterocycles. The summed E-state index contributed by atoms with van der Waals surface area (Å²) in [6, 6.07) is 9.47. The topological polar surface area (TPSA) is 77.7 Å². The van der Waals surface area contributed by atoms with Crippen molar-refractivity contribution in [3.05, 3.63) is 64.7 Å². The molecule has 0 saturated carbocycles. The highest BCUT2D eigenvalue weighted by Gasteiger charge is 2.18. The first-order valence-corrected chi connectivity index (χ1v) is 11.9. The van der Waals surface area contributed by atoms with Crippen LogP contribution >= 0.6 is 46.3 Å². The Morgan fingerprint density at radius 2 is 1.81 bits per heavy atom. The molecule has 0 aliphatic rings. The Morgan fingerprint density at radius 1 is 1.12 bits per heavy atom. The first-order chi connectivity index (χ1) is 15.3. The van der Waals surface area contributed by atoms with Gasteiger partial charge in [-0.25, -0.2) is 9.67 Å². The van der Waals surface area contributed by atoms with Crippen LogP contribution < -0.4 is 0 Å². The van der Waals surface area contributed by atoms with Crippen molar-refractivity contribution in [2.75, 3.05) is 0 Å². The van der Waals surface area contributed by atoms with E-state index in [1.165, 1.54) is 0 Å². The van der Waals surface area contributed by atoms with E-state index >= 15 is 0 Å². The second-order valence-electron chi connectivity index (χ2n) is 6.86. The molecular weight excluding hydrogens is 487 g/mol. The van der Waals surface area contributed by atoms with E-state index < -0.39 is 0 Å². The molecule has 4 aromatic rings. The number of hydrogen-bond donors (Lipinski definition) is 0. The van der Waals surface area contributed by atoms with Crippen molar-refractivity contribution in [3.8, 4) is 27.5 Å². The van der Waals surface area contributed by atoms with Gasteiger partial charge in [0.25, 0.3) is 0 Å². The van der Waals surface area contributed by atoms with Crippen LogP contribution in [0, 0.1) is 6.92 Å². The fourth-order valence-electron chi connectivity index (χ4n) is 2.92. The molecule has 0 spiro atoms. The second kappa shape index (κ2) is 10.9. The largest absolute Gasteiger partial charge is 0.373 e. The van der Waals surface area contributed by atoms with E-state index in [1.54, 1.807) is 35.4 Å². The van der Waals surface area contributed by atoms with Gasteiger partial charge >= 0.3 is 6.15 Å². The Kier molecular flexibility index (Phi) is 8.23. The normalized spacial score (nSPS) is 10.6. The summed E-state index contributed by atoms with van der Waals surface area (Å²) in [6.07, 6.45) is 5.84. The number of thioether (sulfide) groups is 1. The molecule has 0 amide bonds. The molecule has 164 valence electrons. The molecule has 0 saturated heterocycles. The third-order valence-electron chi connectivity index (χ3n) is 4.13. The first kappa shape index (κ1) is 24.2. The Labute approximate surface area is 203 Å². The molecule has 0 aliphatic heterocycles. The number of carbonyl (C=O) groups excluding carboxylic acids is 2. The van der Waals surface area contributed by atoms with Crippen molar-refractivity contribution >= 4 is 52.5 Å². The number of nitrogens with zero attached hydrogens (tertiary/aromatic N) is 4. The van der Waals surface area contributed by atoms with Crippen molar-refractivity contribution < 1.29 is 9.59 Å². The average Bonchev–Trinajstić information content (AvgIpc) is 3.32. The molecule has 0 atom stereocenters. The quantitative estimate of drug-likeness (QED) is 0.285. The van der Waals surface area contributed by atoms with Gasteiger partial charge in [-0.2, -0.15) is 14.7 Å². The van der Waals surface area contributed by atoms with Crippen LogP contribution in [0.2, 0.25) is 10.0 Å². The van der Waals surface area contributed by atoms with E-state index in [9.17, 15) is 0 Å². The van der Waals surface area contributed by atoms with Crippen molar-refractivity contribution in [1.29, 1.82) is 0 Å². The van der Waals surface area contributed by atoms with Crippen LogP contribution in [0.1, 0.15) is 19.5 Å². The predicted octanol–water partition coefficient (Wildman–Crippen LogP) is 6.59. The monoisotopic (exact) mass is 504 g/mol. The number of rotatable bonds is 5. The lowest BCUT2D eigenvalue weighted by Crippen LogP contribution is -1.94. The fraction of sp³-hybridized carbons (Fsp3) is 0.182. The van der Waals surface area contributed by atoms with E-state index in [1.807, 2.05) is 48.3 Å². The maximum Gasteiger partial charge on any atom is 0.373 e. The van der Waals surface area contributed by atoms with Gasteiger partial charge < -0.3 is 0 Å². The van der Waals surface area contributed by atoms with Gasteiger partial charge in [-0.1, -0.05) is 48.4 Å². The smallest absolute Gasteiger partial charge is 0.264 e. The average molecular weight is 505 g/mol. The molecular formula is C22H18Cl2N4O2S2. The van der Waals surface area contributed by atoms with Crippen LogP contribution in [-0.4, -0.2) is 31.1 Å². The maximum absolute atomic E-state index is 8.12. The number of hydrogen-bond acceptors (Lipinski definition) is 7. The Morgan fingerprint density at radius 3 is 2.41 bits per heavy atom. The van der Waals surface area contributed by atoms with Gasteiger partial charge in [-0.05, 0) is 42.8 Å². The lowest BCUT2D eigenvalue weighted by molar-refractivity contribution is -0.191. The van der Waals surface area contributed by atoms with Crippen LogP contribution in [0.15, 0.2) is 53.1 Å². The third kappa shape index (κ3) is 5.85. The van der Waals surface area contributed by atoms with Crippen LogP contribution in [-0.2, 0) is 9.59 Å². The fourth-order valence-corrected chi connectivity index (χ4v) is 5.90. The Bertz CT molecular complexity index is 1230. The molecule has 10 heteroatoms. The molecule has 3 heterocycles. The molecule has 0 unspecified atom stereocenters. The summed E-state index contributed by atoms with van der Waals surface area (Å²) in [7, 11) is 0. The van der Waals surface area contributed by atoms with Gasteiger partial charge in [0.2, 0.25) is 5.13 Å². The van der Waals surface area contributed by atoms with Crippen LogP contribution in [0.5, 0.6) is 0 Å². The van der Waals surface area contributed by atoms with Crippen LogP contribution in [0.3, 0.4) is 0 Å². The molecule has 1 aromatic carbocycles. The number of aromatic nitrogens is 4. The molecule has 4 rings (SSSR count). The predicted molar refractivity (Wildman–Crippen MR) is 129 cm³/mol. The van der Waals surface area contributed by atoms with E-state index in [0.29, 0.717) is 15.3 Å². The summed E-state index contributed by atoms with van der Waals surface area (Å²) in [5, 5.41) is 7.16. The van der Waals surface area contributed by atoms with Crippen molar-refractivity contribution in [3.63, 3.8) is 0 Å². The van der Waals surface area contributed by atoms with E-state index in [-0.39, 0.29) is 6.15 Å². The maximum atomic E-state index is 8.12. The summed E-state index contributed by atoms with van der Waals surface area (Å²) in [4.78, 5) is 25.4. The highest BCUT2D eigenvalue weighted by Crippen LogP contribution is 2.39. The van der Waals surface area contributed by atoms with Crippen LogP contribution in [0.25, 0.3) is 27.5 Å². The van der Waals surface area contributed by atoms with E-state index in [4.69, 9.17) is 42.9 Å². The number of benzene rings is 1. The third-order valence-corrected chi connectivity index (χ3v) is 6.82. The molecule has 32 heavy (non-hydrogen) atoms. The minimum Gasteiger partial charge on any atom is -0.264 e. The van der Waals surface area contributed by atoms with Crippen molar-refractivity contribution in [2.24, 2.45) is 0 Å². The zero-order chi connectivity index (χ0) is 23.3. The van der Waals surface area contributed by atoms with Gasteiger partial charge in [0.05, 0.1) is 15.6 Å². The number of aryl methyl sites for hydroxylation is 1. The standard InChI is InChI=1S/C21H18Cl2N4S2.CO2/c1-12(2)28-20-19(14-5-4-6-24-10-14)25-21(29-20)27-11-18(13(3)26-27)15-7-16(22)9-17(23)8-15;2-1-3/h4-12H,1-3H3;. The second-order valence-corrected chi connectivity index (χ2v) is 10.6. The Balaban J connectivity index is 0.000000913. The van der Waals surface area contributed by atoms with Gasteiger partial charge in [0.15, 0.2) is 0 Å². The summed E-state index contributed by atoms with van der Waals surface area (Å²) in [6.45, 7) is 6.33. The molecule has 0 bridgehead atoms. The van der Waals surface area contributed by atoms with Crippen LogP contribution in [0.4, 0.5) is 0 Å². The van der Waals surface area contributed by atoms with E-state index in [0.717, 1.165) is 37.4 Å².